The summed E-state index contributed by atoms with van der Waals surface area (Å²) in [6.07, 6.45) is 8.52. The van der Waals surface area contributed by atoms with Gasteiger partial charge in [-0.05, 0) is 88.6 Å². The van der Waals surface area contributed by atoms with E-state index in [9.17, 15) is 53.1 Å². The first-order chi connectivity index (χ1) is 40.9. The molecule has 1 aromatic heterocycles. The Labute approximate surface area is 511 Å². The molecule has 0 aliphatic carbocycles. The minimum absolute atomic E-state index is 0.00363. The minimum atomic E-state index is -0.878. The van der Waals surface area contributed by atoms with E-state index in [1.165, 1.54) is 43.4 Å². The monoisotopic (exact) mass is 1220 g/mol. The lowest BCUT2D eigenvalue weighted by atomic mass is 9.83. The Morgan fingerprint density at radius 1 is 0.849 bits per heavy atom. The molecule has 2 aliphatic heterocycles. The number of thiazole rings is 1. The van der Waals surface area contributed by atoms with Crippen LogP contribution in [0.5, 0.6) is 5.75 Å². The van der Waals surface area contributed by atoms with E-state index < -0.39 is 53.7 Å². The predicted molar refractivity (Wildman–Crippen MR) is 325 cm³/mol. The van der Waals surface area contributed by atoms with Gasteiger partial charge in [0.25, 0.3) is 17.7 Å². The highest BCUT2D eigenvalue weighted by Gasteiger charge is 2.38. The zero-order valence-electron chi connectivity index (χ0n) is 52.3. The molecule has 4 rings (SSSR count). The number of ketones is 3. The maximum absolute atomic E-state index is 14.4. The number of amides is 6. The Kier molecular flexibility index (Phi) is 31.4. The first-order valence-corrected chi connectivity index (χ1v) is 31.5. The summed E-state index contributed by atoms with van der Waals surface area (Å²) in [7, 11) is 3.72. The lowest BCUT2D eigenvalue weighted by molar-refractivity contribution is -0.149. The highest BCUT2D eigenvalue weighted by atomic mass is 32.1. The summed E-state index contributed by atoms with van der Waals surface area (Å²) in [6.45, 7) is 17.1. The molecule has 1 aromatic carbocycles. The average Bonchev–Trinajstić information content (AvgIpc) is 3.27. The summed E-state index contributed by atoms with van der Waals surface area (Å²) >= 11 is 1.18. The number of likely N-dealkylation sites (tertiary alicyclic amines) is 1. The lowest BCUT2D eigenvalue weighted by Gasteiger charge is -2.37. The van der Waals surface area contributed by atoms with E-state index in [-0.39, 0.29) is 135 Å². The number of hydrogen-bond donors (Lipinski definition) is 4. The van der Waals surface area contributed by atoms with Gasteiger partial charge in [-0.1, -0.05) is 66.9 Å². The van der Waals surface area contributed by atoms with Crippen molar-refractivity contribution in [3.63, 3.8) is 0 Å². The zero-order chi connectivity index (χ0) is 63.5. The summed E-state index contributed by atoms with van der Waals surface area (Å²) in [6, 6.07) is 2.89. The Morgan fingerprint density at radius 3 is 2.15 bits per heavy atom. The number of aromatic nitrogens is 1. The van der Waals surface area contributed by atoms with E-state index in [4.69, 9.17) is 18.9 Å². The summed E-state index contributed by atoms with van der Waals surface area (Å²) in [5.74, 6) is -4.63. The van der Waals surface area contributed by atoms with Crippen molar-refractivity contribution in [1.82, 2.24) is 30.3 Å². The summed E-state index contributed by atoms with van der Waals surface area (Å²) < 4.78 is 22.3. The number of esters is 1. The largest absolute Gasteiger partial charge is 0.506 e. The third-order valence-electron chi connectivity index (χ3n) is 15.9. The van der Waals surface area contributed by atoms with E-state index in [1.807, 2.05) is 41.7 Å². The highest BCUT2D eigenvalue weighted by molar-refractivity contribution is 7.09. The molecule has 2 aliphatic rings. The fourth-order valence-corrected chi connectivity index (χ4v) is 11.4. The lowest BCUT2D eigenvalue weighted by Crippen LogP contribution is -2.48. The third-order valence-corrected chi connectivity index (χ3v) is 16.8. The van der Waals surface area contributed by atoms with Crippen molar-refractivity contribution in [2.45, 2.75) is 182 Å². The van der Waals surface area contributed by atoms with Crippen LogP contribution in [0.2, 0.25) is 0 Å². The number of nitrogens with one attached hydrogen (secondary N) is 3. The molecule has 1 unspecified atom stereocenters. The fraction of sp³-hybridized carbons (Fsp3) is 0.667. The number of imide groups is 1. The van der Waals surface area contributed by atoms with Gasteiger partial charge in [-0.15, -0.1) is 11.3 Å². The van der Waals surface area contributed by atoms with Gasteiger partial charge in [-0.3, -0.25) is 57.7 Å². The molecule has 0 radical (unpaired) electrons. The van der Waals surface area contributed by atoms with Gasteiger partial charge in [0.05, 0.1) is 50.8 Å². The van der Waals surface area contributed by atoms with E-state index in [0.717, 1.165) is 43.5 Å². The van der Waals surface area contributed by atoms with Crippen molar-refractivity contribution in [3.8, 4) is 5.75 Å². The predicted octanol–water partition coefficient (Wildman–Crippen LogP) is 7.11. The van der Waals surface area contributed by atoms with Crippen LogP contribution in [0.15, 0.2) is 35.7 Å². The van der Waals surface area contributed by atoms with Crippen LogP contribution in [-0.2, 0) is 68.5 Å². The number of rotatable bonds is 41. The molecule has 0 spiro atoms. The zero-order valence-corrected chi connectivity index (χ0v) is 53.1. The van der Waals surface area contributed by atoms with Gasteiger partial charge in [0.1, 0.15) is 22.2 Å². The molecular formula is C63H95N7O15S. The number of phenols is 1. The van der Waals surface area contributed by atoms with Gasteiger partial charge in [0, 0.05) is 107 Å². The number of aromatic hydroxyl groups is 1. The molecule has 86 heavy (non-hydrogen) atoms. The number of carbonyl (C=O) groups excluding carboxylic acids is 10. The van der Waals surface area contributed by atoms with Crippen molar-refractivity contribution >= 4 is 75.8 Å². The summed E-state index contributed by atoms with van der Waals surface area (Å²) in [5.41, 5.74) is 0.953. The molecule has 478 valence electrons. The maximum atomic E-state index is 14.4. The molecule has 4 N–H and O–H groups in total. The van der Waals surface area contributed by atoms with E-state index in [1.54, 1.807) is 36.4 Å². The Balaban J connectivity index is 1.20. The van der Waals surface area contributed by atoms with Crippen molar-refractivity contribution in [3.05, 3.63) is 52.0 Å². The standard InChI is InChI=1S/C63H95N7O15S/c1-11-17-46(65-61(80)50-39-86-62(67-50)56(85-44(8)71)38-52(40(3)4)69(10)63(81)48(41(5)12-2)37-55(75)51-20-13-14-26-68(51)9)35-45-21-22-53(73)49(36-45)66-60(79)42(6)34-54(74)43(7)64-57(76)25-29-83-31-33-84-32-30-82-28-16-19-47(72)18-15-27-70-58(77)23-24-59(70)78/h21-24,36,39-43,46,48,51-52,56,73H,11-20,25-35,37-38H2,1-10H3,(H,64,76)(H,65,80)(H,66,79)/t41-,42+,43-,46+,48-,51?,52+,56+/m0/s1. The minimum Gasteiger partial charge on any atom is -0.506 e. The second-order valence-electron chi connectivity index (χ2n) is 23.2. The van der Waals surface area contributed by atoms with Crippen LogP contribution in [0.3, 0.4) is 0 Å². The van der Waals surface area contributed by atoms with Gasteiger partial charge in [-0.2, -0.15) is 0 Å². The van der Waals surface area contributed by atoms with Gasteiger partial charge >= 0.3 is 5.97 Å². The molecule has 6 amide bonds. The molecule has 3 heterocycles. The van der Waals surface area contributed by atoms with Gasteiger partial charge in [0.2, 0.25) is 17.7 Å². The first kappa shape index (κ1) is 72.2. The second-order valence-corrected chi connectivity index (χ2v) is 24.1. The van der Waals surface area contributed by atoms with Crippen molar-refractivity contribution in [2.75, 3.05) is 72.1 Å². The number of likely N-dealkylation sites (N-methyl/N-ethyl adjacent to an activating group) is 1. The van der Waals surface area contributed by atoms with Crippen LogP contribution in [-0.4, -0.2) is 175 Å². The molecule has 8 atom stereocenters. The first-order valence-electron chi connectivity index (χ1n) is 30.6. The SMILES string of the molecule is CCC[C@H](Cc1ccc(O)c(NC(=O)[C@H](C)CC(=O)[C@H](C)NC(=O)CCOCCOCCOCCCC(=O)CCCN2C(=O)C=CC2=O)c1)NC(=O)c1csc([C@@H](C[C@H](C(C)C)N(C)C(=O)[C@@H](CC(=O)C2CCCCN2C)[C@@H](C)CC)OC(C)=O)n1. The molecule has 22 nitrogen and oxygen atoms in total. The number of benzene rings is 1. The number of Topliss-reactive ketones (excluding diaryl/α,β-unsaturated/α-hetero) is 3. The topological polar surface area (TPSA) is 287 Å². The normalized spacial score (nSPS) is 16.9. The molecule has 0 bridgehead atoms. The Hall–Kier alpha value is -6.27. The maximum Gasteiger partial charge on any atom is 0.303 e. The van der Waals surface area contributed by atoms with Crippen molar-refractivity contribution in [2.24, 2.45) is 23.7 Å². The smallest absolute Gasteiger partial charge is 0.303 e. The fourth-order valence-electron chi connectivity index (χ4n) is 10.6. The molecule has 23 heteroatoms. The average molecular weight is 1220 g/mol. The van der Waals surface area contributed by atoms with Gasteiger partial charge in [0.15, 0.2) is 17.7 Å². The van der Waals surface area contributed by atoms with Crippen LogP contribution in [0.25, 0.3) is 0 Å². The number of piperidine rings is 1. The van der Waals surface area contributed by atoms with Crippen molar-refractivity contribution in [1.29, 1.82) is 0 Å². The van der Waals surface area contributed by atoms with Crippen LogP contribution in [0.4, 0.5) is 5.69 Å². The van der Waals surface area contributed by atoms with E-state index in [0.29, 0.717) is 62.5 Å². The van der Waals surface area contributed by atoms with Crippen LogP contribution < -0.4 is 16.0 Å². The third kappa shape index (κ3) is 24.1. The number of ether oxygens (including phenoxy) is 4. The molecule has 1 saturated heterocycles. The molecule has 1 fully saturated rings. The number of hydrogen-bond acceptors (Lipinski definition) is 18. The van der Waals surface area contributed by atoms with Crippen LogP contribution in [0.1, 0.15) is 172 Å². The molecule has 0 saturated carbocycles. The van der Waals surface area contributed by atoms with Gasteiger partial charge < -0.3 is 44.9 Å². The van der Waals surface area contributed by atoms with E-state index >= 15 is 0 Å². The van der Waals surface area contributed by atoms with Crippen molar-refractivity contribution < 1.29 is 72.0 Å². The second kappa shape index (κ2) is 37.4. The summed E-state index contributed by atoms with van der Waals surface area (Å²) in [4.78, 5) is 139. The molecular weight excluding hydrogens is 1130 g/mol. The van der Waals surface area contributed by atoms with E-state index in [2.05, 4.69) is 25.8 Å². The van der Waals surface area contributed by atoms with Gasteiger partial charge in [-0.25, -0.2) is 4.98 Å². The quantitative estimate of drug-likeness (QED) is 0.0223. The Bertz CT molecular complexity index is 2610. The number of carbonyl (C=O) groups is 10. The van der Waals surface area contributed by atoms with Crippen LogP contribution in [0, 0.1) is 23.7 Å². The highest BCUT2D eigenvalue weighted by Crippen LogP contribution is 2.33. The van der Waals surface area contributed by atoms with Crippen LogP contribution >= 0.6 is 11.3 Å². The summed E-state index contributed by atoms with van der Waals surface area (Å²) in [5, 5.41) is 21.2. The molecule has 2 aromatic rings. The number of anilines is 1. The number of phenolic OH excluding ortho intramolecular Hbond substituents is 1. The number of nitrogens with zero attached hydrogens (tertiary/aromatic N) is 4. The Morgan fingerprint density at radius 2 is 1.51 bits per heavy atom.